The van der Waals surface area contributed by atoms with Gasteiger partial charge in [0.2, 0.25) is 5.91 Å². The van der Waals surface area contributed by atoms with Crippen molar-refractivity contribution in [2.75, 3.05) is 32.1 Å². The number of carbonyl (C=O) groups excluding carboxylic acids is 4. The standard InChI is InChI=1S/C24H35N5O5/c1-13(2)9-18(27-23(33)14-5-7-15(8-6-14)28(3)4)24(34)29-19(22(32)16(25)12-30)10-17-21(29)20(31)11-26-17/h5-8,13,16-19,21,26,30H,9-12,25H2,1-4H3,(H,27,33)/t16-,17?,18-,19?,21?/m0/s1. The molecule has 186 valence electrons. The molecule has 0 spiro atoms. The molecular formula is C24H35N5O5. The van der Waals surface area contributed by atoms with Crippen molar-refractivity contribution in [1.82, 2.24) is 15.5 Å². The third-order valence-corrected chi connectivity index (χ3v) is 6.46. The van der Waals surface area contributed by atoms with Crippen molar-refractivity contribution in [3.8, 4) is 0 Å². The lowest BCUT2D eigenvalue weighted by molar-refractivity contribution is -0.144. The number of anilines is 1. The Morgan fingerprint density at radius 3 is 2.44 bits per heavy atom. The Bertz CT molecular complexity index is 932. The fraction of sp³-hybridized carbons (Fsp3) is 0.583. The Morgan fingerprint density at radius 2 is 1.88 bits per heavy atom. The summed E-state index contributed by atoms with van der Waals surface area (Å²) in [6.07, 6.45) is 0.575. The van der Waals surface area contributed by atoms with Gasteiger partial charge in [0.05, 0.1) is 25.2 Å². The number of nitrogens with zero attached hydrogens (tertiary/aromatic N) is 2. The van der Waals surface area contributed by atoms with Gasteiger partial charge in [-0.3, -0.25) is 19.2 Å². The number of rotatable bonds is 9. The SMILES string of the molecule is CC(C)C[C@H](NC(=O)c1ccc(N(C)C)cc1)C(=O)N1C(C(=O)[C@@H](N)CO)CC2NCC(=O)C21. The van der Waals surface area contributed by atoms with E-state index in [9.17, 15) is 24.3 Å². The molecule has 2 saturated heterocycles. The monoisotopic (exact) mass is 473 g/mol. The van der Waals surface area contributed by atoms with Gasteiger partial charge in [-0.15, -0.1) is 0 Å². The Morgan fingerprint density at radius 1 is 1.24 bits per heavy atom. The average Bonchev–Trinajstić information content (AvgIpc) is 3.36. The Balaban J connectivity index is 1.87. The number of nitrogens with one attached hydrogen (secondary N) is 2. The number of ketones is 2. The summed E-state index contributed by atoms with van der Waals surface area (Å²) in [6.45, 7) is 3.42. The van der Waals surface area contributed by atoms with E-state index >= 15 is 0 Å². The fourth-order valence-corrected chi connectivity index (χ4v) is 4.69. The summed E-state index contributed by atoms with van der Waals surface area (Å²) >= 11 is 0. The highest BCUT2D eigenvalue weighted by atomic mass is 16.3. The van der Waals surface area contributed by atoms with Gasteiger partial charge in [-0.2, -0.15) is 0 Å². The van der Waals surface area contributed by atoms with E-state index in [-0.39, 0.29) is 30.7 Å². The van der Waals surface area contributed by atoms with Gasteiger partial charge in [0.1, 0.15) is 12.1 Å². The van der Waals surface area contributed by atoms with Crippen LogP contribution in [0.3, 0.4) is 0 Å². The fourth-order valence-electron chi connectivity index (χ4n) is 4.69. The quantitative estimate of drug-likeness (QED) is 0.368. The van der Waals surface area contributed by atoms with Crippen LogP contribution in [0.15, 0.2) is 24.3 Å². The van der Waals surface area contributed by atoms with Crippen molar-refractivity contribution in [3.05, 3.63) is 29.8 Å². The number of nitrogens with two attached hydrogens (primary N) is 1. The predicted octanol–water partition coefficient (Wildman–Crippen LogP) is -0.704. The number of aliphatic hydroxyl groups excluding tert-OH is 1. The van der Waals surface area contributed by atoms with Crippen molar-refractivity contribution in [2.24, 2.45) is 11.7 Å². The zero-order chi connectivity index (χ0) is 25.2. The zero-order valence-electron chi connectivity index (χ0n) is 20.2. The van der Waals surface area contributed by atoms with Gasteiger partial charge < -0.3 is 31.3 Å². The number of benzene rings is 1. The van der Waals surface area contributed by atoms with Crippen LogP contribution < -0.4 is 21.3 Å². The first-order valence-corrected chi connectivity index (χ1v) is 11.6. The maximum atomic E-state index is 13.8. The van der Waals surface area contributed by atoms with Crippen molar-refractivity contribution < 1.29 is 24.3 Å². The predicted molar refractivity (Wildman–Crippen MR) is 127 cm³/mol. The van der Waals surface area contributed by atoms with Crippen LogP contribution in [-0.4, -0.2) is 90.8 Å². The van der Waals surface area contributed by atoms with Crippen LogP contribution in [0.5, 0.6) is 0 Å². The summed E-state index contributed by atoms with van der Waals surface area (Å²) in [5.41, 5.74) is 7.11. The van der Waals surface area contributed by atoms with E-state index in [0.29, 0.717) is 12.0 Å². The van der Waals surface area contributed by atoms with Gasteiger partial charge in [-0.05, 0) is 43.0 Å². The summed E-state index contributed by atoms with van der Waals surface area (Å²) in [5, 5.41) is 15.3. The van der Waals surface area contributed by atoms with Crippen LogP contribution in [0.1, 0.15) is 37.0 Å². The van der Waals surface area contributed by atoms with E-state index in [1.165, 1.54) is 4.90 Å². The second-order valence-corrected chi connectivity index (χ2v) is 9.68. The molecule has 0 radical (unpaired) electrons. The van der Waals surface area contributed by atoms with E-state index in [1.807, 2.05) is 45.0 Å². The number of likely N-dealkylation sites (tertiary alicyclic amines) is 1. The van der Waals surface area contributed by atoms with E-state index in [2.05, 4.69) is 10.6 Å². The first-order chi connectivity index (χ1) is 16.0. The number of hydrogen-bond donors (Lipinski definition) is 4. The number of aliphatic hydroxyl groups is 1. The minimum Gasteiger partial charge on any atom is -0.394 e. The molecule has 5 atom stereocenters. The van der Waals surface area contributed by atoms with Gasteiger partial charge >= 0.3 is 0 Å². The largest absolute Gasteiger partial charge is 0.394 e. The maximum Gasteiger partial charge on any atom is 0.251 e. The molecule has 34 heavy (non-hydrogen) atoms. The van der Waals surface area contributed by atoms with Crippen molar-refractivity contribution in [2.45, 2.75) is 56.9 Å². The molecule has 3 rings (SSSR count). The van der Waals surface area contributed by atoms with Crippen LogP contribution in [-0.2, 0) is 14.4 Å². The maximum absolute atomic E-state index is 13.8. The Kier molecular flexibility index (Phi) is 8.06. The van der Waals surface area contributed by atoms with Gasteiger partial charge in [-0.1, -0.05) is 13.8 Å². The smallest absolute Gasteiger partial charge is 0.251 e. The molecule has 0 aliphatic carbocycles. The Hall–Kier alpha value is -2.82. The van der Waals surface area contributed by atoms with E-state index < -0.39 is 48.4 Å². The molecule has 2 aliphatic heterocycles. The van der Waals surface area contributed by atoms with E-state index in [4.69, 9.17) is 5.73 Å². The summed E-state index contributed by atoms with van der Waals surface area (Å²) in [4.78, 5) is 55.5. The zero-order valence-corrected chi connectivity index (χ0v) is 20.2. The molecule has 3 unspecified atom stereocenters. The lowest BCUT2D eigenvalue weighted by atomic mass is 9.99. The van der Waals surface area contributed by atoms with Gasteiger partial charge in [0, 0.05) is 31.4 Å². The summed E-state index contributed by atoms with van der Waals surface area (Å²) in [6, 6.07) is 2.84. The highest BCUT2D eigenvalue weighted by molar-refractivity contribution is 6.02. The summed E-state index contributed by atoms with van der Waals surface area (Å²) in [5.74, 6) is -1.50. The van der Waals surface area contributed by atoms with Crippen molar-refractivity contribution in [3.63, 3.8) is 0 Å². The third-order valence-electron chi connectivity index (χ3n) is 6.46. The lowest BCUT2D eigenvalue weighted by Crippen LogP contribution is -2.58. The van der Waals surface area contributed by atoms with Crippen LogP contribution in [0, 0.1) is 5.92 Å². The number of hydrogen-bond acceptors (Lipinski definition) is 8. The minimum atomic E-state index is -1.15. The molecule has 2 heterocycles. The summed E-state index contributed by atoms with van der Waals surface area (Å²) in [7, 11) is 3.80. The average molecular weight is 474 g/mol. The lowest BCUT2D eigenvalue weighted by Gasteiger charge is -2.33. The molecule has 1 aromatic rings. The molecule has 0 bridgehead atoms. The molecule has 2 fully saturated rings. The number of amides is 2. The van der Waals surface area contributed by atoms with Crippen LogP contribution in [0.25, 0.3) is 0 Å². The molecule has 2 aliphatic rings. The van der Waals surface area contributed by atoms with Crippen LogP contribution in [0.4, 0.5) is 5.69 Å². The van der Waals surface area contributed by atoms with Crippen molar-refractivity contribution in [1.29, 1.82) is 0 Å². The molecule has 10 nitrogen and oxygen atoms in total. The molecule has 0 aromatic heterocycles. The van der Waals surface area contributed by atoms with Gasteiger partial charge in [0.25, 0.3) is 5.91 Å². The van der Waals surface area contributed by atoms with Crippen LogP contribution in [0.2, 0.25) is 0 Å². The number of carbonyl (C=O) groups is 4. The topological polar surface area (TPSA) is 145 Å². The molecule has 5 N–H and O–H groups in total. The van der Waals surface area contributed by atoms with Gasteiger partial charge in [-0.25, -0.2) is 0 Å². The highest BCUT2D eigenvalue weighted by Gasteiger charge is 2.54. The number of Topliss-reactive ketones (excluding diaryl/α,β-unsaturated/α-hetero) is 2. The molecule has 2 amide bonds. The first kappa shape index (κ1) is 25.8. The molecule has 0 saturated carbocycles. The minimum absolute atomic E-state index is 0.0648. The molecule has 1 aromatic carbocycles. The Labute approximate surface area is 199 Å². The normalized spacial score (nSPS) is 23.6. The number of fused-ring (bicyclic) bond motifs is 1. The molecular weight excluding hydrogens is 438 g/mol. The highest BCUT2D eigenvalue weighted by Crippen LogP contribution is 2.31. The van der Waals surface area contributed by atoms with Gasteiger partial charge in [0.15, 0.2) is 11.6 Å². The first-order valence-electron chi connectivity index (χ1n) is 11.6. The van der Waals surface area contributed by atoms with Crippen LogP contribution >= 0.6 is 0 Å². The second-order valence-electron chi connectivity index (χ2n) is 9.68. The van der Waals surface area contributed by atoms with E-state index in [0.717, 1.165) is 5.69 Å². The second kappa shape index (κ2) is 10.6. The van der Waals surface area contributed by atoms with Crippen molar-refractivity contribution >= 4 is 29.1 Å². The summed E-state index contributed by atoms with van der Waals surface area (Å²) < 4.78 is 0. The third kappa shape index (κ3) is 5.29. The van der Waals surface area contributed by atoms with E-state index in [1.54, 1.807) is 12.1 Å². The molecule has 10 heteroatoms.